The summed E-state index contributed by atoms with van der Waals surface area (Å²) in [6.45, 7) is 0.932. The maximum Gasteiger partial charge on any atom is 0.293 e. The largest absolute Gasteiger partial charge is 0.467 e. The van der Waals surface area contributed by atoms with Crippen molar-refractivity contribution in [3.05, 3.63) is 72.3 Å². The molecule has 0 radical (unpaired) electrons. The molecule has 2 aromatic heterocycles. The maximum atomic E-state index is 10.4. The predicted molar refractivity (Wildman–Crippen MR) is 106 cm³/mol. The van der Waals surface area contributed by atoms with Gasteiger partial charge in [-0.05, 0) is 22.3 Å². The molecule has 0 fully saturated rings. The minimum Gasteiger partial charge on any atom is -0.467 e. The first-order valence-electron chi connectivity index (χ1n) is 8.81. The fourth-order valence-electron chi connectivity index (χ4n) is 3.54. The number of nitrogen functional groups attached to an aromatic ring is 1. The van der Waals surface area contributed by atoms with E-state index in [1.54, 1.807) is 10.9 Å². The zero-order valence-electron chi connectivity index (χ0n) is 15.3. The number of hydrogen-bond donors (Lipinski definition) is 1. The number of nitrogens with two attached hydrogens (primary N) is 1. The highest BCUT2D eigenvalue weighted by Gasteiger charge is 2.28. The summed E-state index contributed by atoms with van der Waals surface area (Å²) in [5.41, 5.74) is 12.0. The van der Waals surface area contributed by atoms with Crippen LogP contribution in [-0.2, 0) is 16.6 Å². The Morgan fingerprint density at radius 3 is 2.29 bits per heavy atom. The zero-order chi connectivity index (χ0) is 19.5. The summed E-state index contributed by atoms with van der Waals surface area (Å²) < 4.78 is 6.75. The van der Waals surface area contributed by atoms with E-state index in [4.69, 9.17) is 10.5 Å². The van der Waals surface area contributed by atoms with Crippen LogP contribution in [0.25, 0.3) is 22.3 Å². The molecular weight excluding hydrogens is 354 g/mol. The lowest BCUT2D eigenvalue weighted by molar-refractivity contribution is -0.128. The Balaban J connectivity index is 0.000000151. The van der Waals surface area contributed by atoms with E-state index in [0.717, 1.165) is 5.65 Å². The molecule has 0 saturated heterocycles. The normalized spacial score (nSPS) is 12.0. The molecular formula is C21H19N5O2. The van der Waals surface area contributed by atoms with Crippen LogP contribution in [0, 0.1) is 0 Å². The molecule has 0 amide bonds. The molecule has 4 aromatic rings. The Hall–Kier alpha value is -3.74. The van der Waals surface area contributed by atoms with Crippen LogP contribution in [0.5, 0.6) is 0 Å². The van der Waals surface area contributed by atoms with Crippen molar-refractivity contribution < 1.29 is 9.53 Å². The lowest BCUT2D eigenvalue weighted by Crippen LogP contribution is -2.05. The molecule has 5 rings (SSSR count). The number of nitrogens with zero attached hydrogens (tertiary/aromatic N) is 4. The van der Waals surface area contributed by atoms with Gasteiger partial charge in [0, 0.05) is 13.0 Å². The van der Waals surface area contributed by atoms with Crippen LogP contribution in [-0.4, -0.2) is 32.6 Å². The summed E-state index contributed by atoms with van der Waals surface area (Å²) in [6, 6.07) is 16.6. The van der Waals surface area contributed by atoms with Gasteiger partial charge in [-0.25, -0.2) is 15.0 Å². The molecule has 1 aliphatic carbocycles. The number of benzene rings is 2. The monoisotopic (exact) mass is 373 g/mol. The third kappa shape index (κ3) is 3.07. The molecule has 0 bridgehead atoms. The number of carbonyl (C=O) groups excluding carboxylic acids is 1. The smallest absolute Gasteiger partial charge is 0.293 e. The average Bonchev–Trinajstić information content (AvgIpc) is 3.26. The molecule has 2 aromatic carbocycles. The molecule has 2 heterocycles. The quantitative estimate of drug-likeness (QED) is 0.555. The Morgan fingerprint density at radius 2 is 1.68 bits per heavy atom. The summed E-state index contributed by atoms with van der Waals surface area (Å²) in [5, 5.41) is 0. The lowest BCUT2D eigenvalue weighted by Gasteiger charge is -2.11. The second kappa shape index (κ2) is 7.48. The minimum atomic E-state index is 0.174. The van der Waals surface area contributed by atoms with E-state index in [1.165, 1.54) is 28.6 Å². The number of anilines is 1. The maximum absolute atomic E-state index is 10.4. The van der Waals surface area contributed by atoms with Gasteiger partial charge >= 0.3 is 0 Å². The number of aromatic nitrogens is 4. The van der Waals surface area contributed by atoms with E-state index < -0.39 is 0 Å². The first-order valence-corrected chi connectivity index (χ1v) is 8.81. The molecule has 0 spiro atoms. The Morgan fingerprint density at radius 1 is 1.04 bits per heavy atom. The molecule has 0 aliphatic heterocycles. The average molecular weight is 373 g/mol. The van der Waals surface area contributed by atoms with Gasteiger partial charge in [-0.2, -0.15) is 0 Å². The number of aryl methyl sites for hydroxylation is 1. The first-order chi connectivity index (χ1) is 13.7. The Labute approximate surface area is 161 Å². The van der Waals surface area contributed by atoms with Gasteiger partial charge in [-0.1, -0.05) is 48.5 Å². The zero-order valence-corrected chi connectivity index (χ0v) is 15.3. The van der Waals surface area contributed by atoms with Crippen molar-refractivity contribution in [1.29, 1.82) is 0 Å². The minimum absolute atomic E-state index is 0.174. The van der Waals surface area contributed by atoms with E-state index in [9.17, 15) is 4.79 Å². The predicted octanol–water partition coefficient (Wildman–Crippen LogP) is 2.92. The molecule has 0 atom stereocenters. The highest BCUT2D eigenvalue weighted by molar-refractivity contribution is 5.81. The second-order valence-electron chi connectivity index (χ2n) is 6.44. The van der Waals surface area contributed by atoms with E-state index >= 15 is 0 Å². The van der Waals surface area contributed by atoms with Gasteiger partial charge in [0.2, 0.25) is 0 Å². The van der Waals surface area contributed by atoms with Crippen LogP contribution < -0.4 is 5.73 Å². The van der Waals surface area contributed by atoms with Crippen LogP contribution in [0.1, 0.15) is 17.0 Å². The van der Waals surface area contributed by atoms with Crippen molar-refractivity contribution >= 4 is 23.5 Å². The molecule has 7 heteroatoms. The second-order valence-corrected chi connectivity index (χ2v) is 6.44. The summed E-state index contributed by atoms with van der Waals surface area (Å²) >= 11 is 0. The van der Waals surface area contributed by atoms with Crippen LogP contribution in [0.3, 0.4) is 0 Å². The van der Waals surface area contributed by atoms with Gasteiger partial charge in [-0.3, -0.25) is 4.79 Å². The van der Waals surface area contributed by atoms with Crippen LogP contribution in [0.2, 0.25) is 0 Å². The topological polar surface area (TPSA) is 95.9 Å². The van der Waals surface area contributed by atoms with Gasteiger partial charge in [-0.15, -0.1) is 0 Å². The molecule has 28 heavy (non-hydrogen) atoms. The highest BCUT2D eigenvalue weighted by atomic mass is 16.5. The van der Waals surface area contributed by atoms with Crippen molar-refractivity contribution in [3.63, 3.8) is 0 Å². The molecule has 0 saturated carbocycles. The molecule has 1 aliphatic rings. The molecule has 0 unspecified atom stereocenters. The number of rotatable bonds is 3. The fourth-order valence-corrected chi connectivity index (χ4v) is 3.54. The summed E-state index contributed by atoms with van der Waals surface area (Å²) in [4.78, 5) is 22.2. The van der Waals surface area contributed by atoms with Crippen molar-refractivity contribution in [2.75, 3.05) is 12.3 Å². The van der Waals surface area contributed by atoms with E-state index in [-0.39, 0.29) is 5.92 Å². The number of fused-ring (bicyclic) bond motifs is 4. The highest BCUT2D eigenvalue weighted by Crippen LogP contribution is 2.44. The SMILES string of the molecule is Cn1cnc2c(N)ncnc21.O=COCC1c2ccccc2-c2ccccc21. The summed E-state index contributed by atoms with van der Waals surface area (Å²) in [6.07, 6.45) is 3.09. The molecule has 7 nitrogen and oxygen atoms in total. The number of carbonyl (C=O) groups is 1. The molecule has 140 valence electrons. The van der Waals surface area contributed by atoms with Gasteiger partial charge < -0.3 is 15.0 Å². The Bertz CT molecular complexity index is 1090. The third-order valence-electron chi connectivity index (χ3n) is 4.82. The van der Waals surface area contributed by atoms with Crippen molar-refractivity contribution in [2.24, 2.45) is 7.05 Å². The molecule has 2 N–H and O–H groups in total. The third-order valence-corrected chi connectivity index (χ3v) is 4.82. The number of ether oxygens (including phenoxy) is 1. The van der Waals surface area contributed by atoms with Crippen LogP contribution >= 0.6 is 0 Å². The summed E-state index contributed by atoms with van der Waals surface area (Å²) in [5.74, 6) is 0.600. The van der Waals surface area contributed by atoms with E-state index in [2.05, 4.69) is 39.2 Å². The van der Waals surface area contributed by atoms with Gasteiger partial charge in [0.05, 0.1) is 6.33 Å². The van der Waals surface area contributed by atoms with Crippen LogP contribution in [0.4, 0.5) is 5.82 Å². The number of hydrogen-bond acceptors (Lipinski definition) is 6. The Kier molecular flexibility index (Phi) is 4.72. The fraction of sp³-hybridized carbons (Fsp3) is 0.143. The van der Waals surface area contributed by atoms with Crippen LogP contribution in [0.15, 0.2) is 61.2 Å². The van der Waals surface area contributed by atoms with Crippen molar-refractivity contribution in [3.8, 4) is 11.1 Å². The van der Waals surface area contributed by atoms with Gasteiger partial charge in [0.15, 0.2) is 11.5 Å². The summed E-state index contributed by atoms with van der Waals surface area (Å²) in [7, 11) is 1.86. The van der Waals surface area contributed by atoms with Crippen molar-refractivity contribution in [1.82, 2.24) is 19.5 Å². The lowest BCUT2D eigenvalue weighted by atomic mass is 9.98. The van der Waals surface area contributed by atoms with E-state index in [1.807, 2.05) is 31.3 Å². The van der Waals surface area contributed by atoms with Gasteiger partial charge in [0.1, 0.15) is 18.5 Å². The van der Waals surface area contributed by atoms with Gasteiger partial charge in [0.25, 0.3) is 6.47 Å². The first kappa shape index (κ1) is 17.7. The standard InChI is InChI=1S/C15H12O2.C6H7N5/c16-10-17-9-15-13-7-3-1-5-11(13)12-6-2-4-8-14(12)15;1-11-3-10-4-5(7)8-2-9-6(4)11/h1-8,10,15H,9H2;2-3H,1H3,(H2,7,8,9). The van der Waals surface area contributed by atoms with Crippen molar-refractivity contribution in [2.45, 2.75) is 5.92 Å². The number of imidazole rings is 1. The van der Waals surface area contributed by atoms with E-state index in [0.29, 0.717) is 24.4 Å².